The van der Waals surface area contributed by atoms with Gasteiger partial charge in [-0.15, -0.1) is 0 Å². The number of hydrogen-bond donors (Lipinski definition) is 2. The molecule has 0 radical (unpaired) electrons. The molecule has 0 fully saturated rings. The van der Waals surface area contributed by atoms with Gasteiger partial charge in [-0.05, 0) is 48.3 Å². The molecule has 1 aromatic carbocycles. The number of nitrogens with zero attached hydrogens (tertiary/aromatic N) is 1. The smallest absolute Gasteiger partial charge is 0.335 e. The lowest BCUT2D eigenvalue weighted by Crippen LogP contribution is -2.25. The van der Waals surface area contributed by atoms with Gasteiger partial charge in [-0.3, -0.25) is 14.9 Å². The first kappa shape index (κ1) is 22.6. The van der Waals surface area contributed by atoms with Gasteiger partial charge < -0.3 is 10.2 Å². The van der Waals surface area contributed by atoms with Gasteiger partial charge in [0.2, 0.25) is 6.54 Å². The molecule has 0 bridgehead atoms. The second-order valence-electron chi connectivity index (χ2n) is 7.47. The van der Waals surface area contributed by atoms with Gasteiger partial charge >= 0.3 is 11.9 Å². The molecule has 0 aliphatic heterocycles. The molecule has 0 spiro atoms. The normalized spacial score (nSPS) is 13.3. The fourth-order valence-corrected chi connectivity index (χ4v) is 3.52. The number of aromatic carboxylic acids is 1. The highest BCUT2D eigenvalue weighted by molar-refractivity contribution is 5.89. The van der Waals surface area contributed by atoms with Gasteiger partial charge in [-0.1, -0.05) is 39.3 Å². The second-order valence-corrected chi connectivity index (χ2v) is 7.47. The zero-order valence-corrected chi connectivity index (χ0v) is 16.2. The highest BCUT2D eigenvalue weighted by Gasteiger charge is 2.27. The van der Waals surface area contributed by atoms with E-state index in [-0.39, 0.29) is 24.4 Å². The zero-order valence-electron chi connectivity index (χ0n) is 16.2. The van der Waals surface area contributed by atoms with E-state index < -0.39 is 22.8 Å². The van der Waals surface area contributed by atoms with Crippen LogP contribution in [0.3, 0.4) is 0 Å². The Morgan fingerprint density at radius 1 is 1.19 bits per heavy atom. The minimum Gasteiger partial charge on any atom is -0.481 e. The Balaban J connectivity index is 3.00. The van der Waals surface area contributed by atoms with Crippen molar-refractivity contribution < 1.29 is 24.7 Å². The Hall–Kier alpha value is -2.44. The van der Waals surface area contributed by atoms with Crippen molar-refractivity contribution in [2.24, 2.45) is 17.8 Å². The molecule has 7 nitrogen and oxygen atoms in total. The van der Waals surface area contributed by atoms with E-state index in [4.69, 9.17) is 5.11 Å². The summed E-state index contributed by atoms with van der Waals surface area (Å²) in [6, 6.07) is 5.36. The van der Waals surface area contributed by atoms with Gasteiger partial charge in [0.1, 0.15) is 0 Å². The molecule has 0 aliphatic carbocycles. The molecule has 0 amide bonds. The number of carbonyl (C=O) groups is 2. The number of hydrogen-bond acceptors (Lipinski definition) is 4. The van der Waals surface area contributed by atoms with Crippen molar-refractivity contribution >= 4 is 11.9 Å². The maximum atomic E-state index is 11.6. The van der Waals surface area contributed by atoms with Gasteiger partial charge in [0.15, 0.2) is 0 Å². The predicted octanol–water partition coefficient (Wildman–Crippen LogP) is 3.91. The van der Waals surface area contributed by atoms with Gasteiger partial charge in [0.25, 0.3) is 0 Å². The van der Waals surface area contributed by atoms with E-state index in [9.17, 15) is 24.8 Å². The molecule has 1 rings (SSSR count). The minimum atomic E-state index is -1.01. The molecule has 0 saturated carbocycles. The fourth-order valence-electron chi connectivity index (χ4n) is 3.52. The summed E-state index contributed by atoms with van der Waals surface area (Å²) in [5.74, 6) is -2.29. The van der Waals surface area contributed by atoms with Crippen molar-refractivity contribution in [3.05, 3.63) is 45.0 Å². The Morgan fingerprint density at radius 3 is 2.33 bits per heavy atom. The van der Waals surface area contributed by atoms with Crippen molar-refractivity contribution in [1.82, 2.24) is 0 Å². The highest BCUT2D eigenvalue weighted by Crippen LogP contribution is 2.26. The van der Waals surface area contributed by atoms with Crippen molar-refractivity contribution in [3.8, 4) is 0 Å². The van der Waals surface area contributed by atoms with Crippen molar-refractivity contribution in [1.29, 1.82) is 0 Å². The van der Waals surface area contributed by atoms with Crippen LogP contribution in [0.25, 0.3) is 0 Å². The second kappa shape index (κ2) is 10.6. The molecule has 0 aliphatic rings. The maximum Gasteiger partial charge on any atom is 0.335 e. The number of rotatable bonds is 12. The van der Waals surface area contributed by atoms with Crippen LogP contribution in [0.2, 0.25) is 0 Å². The van der Waals surface area contributed by atoms with Crippen LogP contribution in [-0.2, 0) is 17.6 Å². The van der Waals surface area contributed by atoms with Crippen LogP contribution in [0.1, 0.15) is 61.5 Å². The van der Waals surface area contributed by atoms with Gasteiger partial charge in [-0.2, -0.15) is 0 Å². The molecule has 7 heteroatoms. The first-order valence-electron chi connectivity index (χ1n) is 9.32. The lowest BCUT2D eigenvalue weighted by molar-refractivity contribution is -0.490. The lowest BCUT2D eigenvalue weighted by Gasteiger charge is -2.22. The molecule has 0 heterocycles. The molecular weight excluding hydrogens is 350 g/mol. The summed E-state index contributed by atoms with van der Waals surface area (Å²) in [5, 5.41) is 29.6. The molecule has 2 atom stereocenters. The van der Waals surface area contributed by atoms with Gasteiger partial charge in [-0.25, -0.2) is 4.79 Å². The van der Waals surface area contributed by atoms with Crippen LogP contribution in [0.15, 0.2) is 18.2 Å². The van der Waals surface area contributed by atoms with Crippen LogP contribution in [0.4, 0.5) is 0 Å². The van der Waals surface area contributed by atoms with E-state index in [2.05, 4.69) is 13.8 Å². The van der Waals surface area contributed by atoms with Crippen LogP contribution < -0.4 is 0 Å². The van der Waals surface area contributed by atoms with Gasteiger partial charge in [0.05, 0.1) is 5.56 Å². The molecule has 2 N–H and O–H groups in total. The number of carboxylic acids is 2. The molecule has 1 aromatic rings. The van der Waals surface area contributed by atoms with E-state index in [0.29, 0.717) is 30.7 Å². The Kier molecular flexibility index (Phi) is 8.91. The summed E-state index contributed by atoms with van der Waals surface area (Å²) >= 11 is 0. The largest absolute Gasteiger partial charge is 0.481 e. The third-order valence-corrected chi connectivity index (χ3v) is 4.84. The van der Waals surface area contributed by atoms with E-state index in [1.54, 1.807) is 12.1 Å². The van der Waals surface area contributed by atoms with E-state index in [1.165, 1.54) is 0 Å². The monoisotopic (exact) mass is 379 g/mol. The summed E-state index contributed by atoms with van der Waals surface area (Å²) < 4.78 is 0. The third kappa shape index (κ3) is 7.76. The topological polar surface area (TPSA) is 118 Å². The van der Waals surface area contributed by atoms with Crippen LogP contribution in [0, 0.1) is 27.9 Å². The SMILES string of the molecule is CCC(CC(=O)O)C(CCc1ccc(CC(C)C)cc1C(=O)O)C[N+](=O)[O-]. The molecular formula is C20H29NO6. The first-order valence-corrected chi connectivity index (χ1v) is 9.32. The summed E-state index contributed by atoms with van der Waals surface area (Å²) in [5.41, 5.74) is 1.80. The number of aryl methyl sites for hydroxylation is 1. The Morgan fingerprint density at radius 2 is 1.85 bits per heavy atom. The van der Waals surface area contributed by atoms with Crippen molar-refractivity contribution in [3.63, 3.8) is 0 Å². The predicted molar refractivity (Wildman–Crippen MR) is 102 cm³/mol. The van der Waals surface area contributed by atoms with Gasteiger partial charge in [0, 0.05) is 17.3 Å². The molecule has 0 aromatic heterocycles. The van der Waals surface area contributed by atoms with E-state index >= 15 is 0 Å². The van der Waals surface area contributed by atoms with Crippen LogP contribution in [-0.4, -0.2) is 33.6 Å². The molecule has 2 unspecified atom stereocenters. The lowest BCUT2D eigenvalue weighted by atomic mass is 9.82. The number of aliphatic carboxylic acids is 1. The average molecular weight is 379 g/mol. The van der Waals surface area contributed by atoms with Crippen molar-refractivity contribution in [2.75, 3.05) is 6.54 Å². The number of carboxylic acid groups (broad SMARTS) is 2. The zero-order chi connectivity index (χ0) is 20.6. The standard InChI is InChI=1S/C20H29NO6/c1-4-15(11-19(22)23)17(12-21(26)27)8-7-16-6-5-14(9-13(2)3)10-18(16)20(24)25/h5-6,10,13,15,17H,4,7-9,11-12H2,1-3H3,(H,22,23)(H,24,25). The third-order valence-electron chi connectivity index (χ3n) is 4.84. The van der Waals surface area contributed by atoms with E-state index in [0.717, 1.165) is 12.0 Å². The fraction of sp³-hybridized carbons (Fsp3) is 0.600. The molecule has 0 saturated heterocycles. The highest BCUT2D eigenvalue weighted by atomic mass is 16.6. The first-order chi connectivity index (χ1) is 12.6. The molecule has 150 valence electrons. The average Bonchev–Trinajstić information content (AvgIpc) is 2.56. The molecule has 27 heavy (non-hydrogen) atoms. The van der Waals surface area contributed by atoms with Crippen LogP contribution in [0.5, 0.6) is 0 Å². The summed E-state index contributed by atoms with van der Waals surface area (Å²) in [4.78, 5) is 33.3. The van der Waals surface area contributed by atoms with E-state index in [1.807, 2.05) is 13.0 Å². The summed E-state index contributed by atoms with van der Waals surface area (Å²) in [6.07, 6.45) is 1.95. The maximum absolute atomic E-state index is 11.6. The Labute approximate surface area is 159 Å². The summed E-state index contributed by atoms with van der Waals surface area (Å²) in [6.45, 7) is 5.64. The quantitative estimate of drug-likeness (QED) is 0.420. The van der Waals surface area contributed by atoms with Crippen LogP contribution >= 0.6 is 0 Å². The summed E-state index contributed by atoms with van der Waals surface area (Å²) in [7, 11) is 0. The van der Waals surface area contributed by atoms with Crippen molar-refractivity contribution in [2.45, 2.75) is 52.9 Å². The number of benzene rings is 1. The Bertz CT molecular complexity index is 670. The number of nitro groups is 1. The minimum absolute atomic E-state index is 0.117.